The summed E-state index contributed by atoms with van der Waals surface area (Å²) in [4.78, 5) is 17.0. The molecule has 0 aliphatic carbocycles. The minimum Gasteiger partial charge on any atom is -0.454 e. The molecule has 1 heterocycles. The first kappa shape index (κ1) is 21.5. The van der Waals surface area contributed by atoms with Crippen LogP contribution in [0, 0.1) is 0 Å². The molecule has 0 amide bonds. The number of nitrogens with zero attached hydrogens (tertiary/aromatic N) is 1. The predicted molar refractivity (Wildman–Crippen MR) is 121 cm³/mol. The summed E-state index contributed by atoms with van der Waals surface area (Å²) < 4.78 is 37.0. The number of aromatic nitrogens is 1. The molecule has 162 valence electrons. The van der Waals surface area contributed by atoms with Crippen molar-refractivity contribution >= 4 is 15.8 Å². The number of sulfone groups is 1. The third-order valence-corrected chi connectivity index (χ3v) is 6.22. The highest BCUT2D eigenvalue weighted by molar-refractivity contribution is 7.91. The quantitative estimate of drug-likeness (QED) is 0.377. The fourth-order valence-electron chi connectivity index (χ4n) is 3.40. The van der Waals surface area contributed by atoms with Crippen LogP contribution in [0.5, 0.6) is 0 Å². The highest BCUT2D eigenvalue weighted by Crippen LogP contribution is 2.34. The molecule has 1 aromatic heterocycles. The van der Waals surface area contributed by atoms with E-state index >= 15 is 0 Å². The summed E-state index contributed by atoms with van der Waals surface area (Å²) in [5.41, 5.74) is 1.84. The number of carbonyl (C=O) groups is 1. The van der Waals surface area contributed by atoms with Gasteiger partial charge in [-0.25, -0.2) is 18.2 Å². The van der Waals surface area contributed by atoms with Gasteiger partial charge in [0.1, 0.15) is 10.9 Å². The molecule has 0 aliphatic heterocycles. The van der Waals surface area contributed by atoms with Gasteiger partial charge in [-0.05, 0) is 29.8 Å². The molecule has 1 atom stereocenters. The van der Waals surface area contributed by atoms with E-state index in [-0.39, 0.29) is 24.0 Å². The Morgan fingerprint density at radius 1 is 0.906 bits per heavy atom. The Labute approximate surface area is 186 Å². The number of oxazole rings is 1. The van der Waals surface area contributed by atoms with Crippen molar-refractivity contribution in [3.8, 4) is 11.5 Å². The summed E-state index contributed by atoms with van der Waals surface area (Å²) in [5.74, 6) is -0.0896. The molecule has 0 saturated carbocycles. The normalized spacial score (nSPS) is 12.3. The Bertz CT molecular complexity index is 1300. The summed E-state index contributed by atoms with van der Waals surface area (Å²) in [7, 11) is -3.62. The fraction of sp³-hybridized carbons (Fsp3) is 0.120. The van der Waals surface area contributed by atoms with E-state index in [0.717, 1.165) is 6.26 Å². The lowest BCUT2D eigenvalue weighted by Gasteiger charge is -2.14. The van der Waals surface area contributed by atoms with E-state index < -0.39 is 21.1 Å². The molecule has 7 heteroatoms. The molecule has 6 nitrogen and oxygen atoms in total. The van der Waals surface area contributed by atoms with Crippen molar-refractivity contribution in [3.05, 3.63) is 114 Å². The number of benzene rings is 3. The van der Waals surface area contributed by atoms with Crippen LogP contribution in [0.3, 0.4) is 0 Å². The molecular weight excluding hydrogens is 426 g/mol. The number of carbonyl (C=O) groups excluding carboxylic acids is 1. The zero-order valence-electron chi connectivity index (χ0n) is 17.3. The van der Waals surface area contributed by atoms with Crippen molar-refractivity contribution in [2.75, 3.05) is 6.26 Å². The lowest BCUT2D eigenvalue weighted by molar-refractivity contribution is 0.0445. The van der Waals surface area contributed by atoms with E-state index in [4.69, 9.17) is 9.15 Å². The fourth-order valence-corrected chi connectivity index (χ4v) is 4.64. The minimum atomic E-state index is -3.62. The smallest absolute Gasteiger partial charge is 0.338 e. The van der Waals surface area contributed by atoms with Gasteiger partial charge < -0.3 is 9.15 Å². The summed E-state index contributed by atoms with van der Waals surface area (Å²) >= 11 is 0. The molecule has 4 aromatic rings. The van der Waals surface area contributed by atoms with Crippen LogP contribution in [-0.2, 0) is 21.2 Å². The summed E-state index contributed by atoms with van der Waals surface area (Å²) in [6, 6.07) is 26.5. The molecule has 0 fully saturated rings. The maximum Gasteiger partial charge on any atom is 0.338 e. The van der Waals surface area contributed by atoms with E-state index in [1.807, 2.05) is 36.4 Å². The van der Waals surface area contributed by atoms with Gasteiger partial charge in [0.25, 0.3) is 0 Å². The second-order valence-electron chi connectivity index (χ2n) is 7.26. The lowest BCUT2D eigenvalue weighted by atomic mass is 10.1. The highest BCUT2D eigenvalue weighted by Gasteiger charge is 2.32. The maximum atomic E-state index is 12.8. The number of esters is 1. The second-order valence-corrected chi connectivity index (χ2v) is 9.39. The summed E-state index contributed by atoms with van der Waals surface area (Å²) in [6.45, 7) is -0.248. The third kappa shape index (κ3) is 4.78. The van der Waals surface area contributed by atoms with Crippen LogP contribution in [0.4, 0.5) is 0 Å². The lowest BCUT2D eigenvalue weighted by Crippen LogP contribution is -2.16. The molecule has 0 aliphatic rings. The van der Waals surface area contributed by atoms with Crippen LogP contribution < -0.4 is 0 Å². The van der Waals surface area contributed by atoms with Crippen LogP contribution in [0.15, 0.2) is 95.4 Å². The van der Waals surface area contributed by atoms with Crippen LogP contribution in [-0.4, -0.2) is 25.6 Å². The first-order valence-corrected chi connectivity index (χ1v) is 11.9. The zero-order chi connectivity index (χ0) is 22.6. The molecule has 0 spiro atoms. The Balaban J connectivity index is 1.76. The van der Waals surface area contributed by atoms with Crippen LogP contribution >= 0.6 is 0 Å². The Morgan fingerprint density at radius 2 is 1.47 bits per heavy atom. The van der Waals surface area contributed by atoms with Crippen molar-refractivity contribution in [1.82, 2.24) is 4.98 Å². The molecule has 32 heavy (non-hydrogen) atoms. The van der Waals surface area contributed by atoms with Crippen LogP contribution in [0.25, 0.3) is 11.5 Å². The first-order chi connectivity index (χ1) is 15.4. The Kier molecular flexibility index (Phi) is 6.18. The molecule has 0 saturated heterocycles. The van der Waals surface area contributed by atoms with E-state index in [1.165, 1.54) is 0 Å². The molecule has 1 unspecified atom stereocenters. The number of hydrogen-bond donors (Lipinski definition) is 0. The van der Waals surface area contributed by atoms with Gasteiger partial charge in [0.15, 0.2) is 22.2 Å². The first-order valence-electron chi connectivity index (χ1n) is 9.94. The summed E-state index contributed by atoms with van der Waals surface area (Å²) in [6.07, 6.45) is 1.15. The van der Waals surface area contributed by atoms with Crippen molar-refractivity contribution in [2.45, 2.75) is 11.9 Å². The van der Waals surface area contributed by atoms with Gasteiger partial charge in [-0.2, -0.15) is 0 Å². The van der Waals surface area contributed by atoms with Crippen molar-refractivity contribution in [3.63, 3.8) is 0 Å². The monoisotopic (exact) mass is 447 g/mol. The van der Waals surface area contributed by atoms with E-state index in [2.05, 4.69) is 4.98 Å². The largest absolute Gasteiger partial charge is 0.454 e. The Morgan fingerprint density at radius 3 is 2.06 bits per heavy atom. The standard InChI is InChI=1S/C25H21NO5S/c1-32(28,29)23(18-11-5-2-6-12-18)22-21(17-30-25(27)20-15-9-4-10-16-20)31-24(26-22)19-13-7-3-8-14-19/h2-16,23H,17H2,1H3. The van der Waals surface area contributed by atoms with E-state index in [0.29, 0.717) is 16.7 Å². The predicted octanol–water partition coefficient (Wildman–Crippen LogP) is 4.83. The minimum absolute atomic E-state index is 0.187. The van der Waals surface area contributed by atoms with Crippen molar-refractivity contribution in [2.24, 2.45) is 0 Å². The number of hydrogen-bond acceptors (Lipinski definition) is 6. The van der Waals surface area contributed by atoms with Gasteiger partial charge in [0.05, 0.1) is 5.56 Å². The van der Waals surface area contributed by atoms with Crippen LogP contribution in [0.1, 0.15) is 32.6 Å². The topological polar surface area (TPSA) is 86.5 Å². The molecule has 0 bridgehead atoms. The SMILES string of the molecule is CS(=O)(=O)C(c1ccccc1)c1nc(-c2ccccc2)oc1COC(=O)c1ccccc1. The number of rotatable bonds is 7. The maximum absolute atomic E-state index is 12.8. The van der Waals surface area contributed by atoms with Gasteiger partial charge in [0, 0.05) is 11.8 Å². The molecule has 0 radical (unpaired) electrons. The highest BCUT2D eigenvalue weighted by atomic mass is 32.2. The van der Waals surface area contributed by atoms with Gasteiger partial charge in [-0.15, -0.1) is 0 Å². The van der Waals surface area contributed by atoms with Gasteiger partial charge in [-0.1, -0.05) is 66.7 Å². The molecule has 3 aromatic carbocycles. The molecule has 0 N–H and O–H groups in total. The van der Waals surface area contributed by atoms with E-state index in [1.54, 1.807) is 54.6 Å². The van der Waals surface area contributed by atoms with Crippen LogP contribution in [0.2, 0.25) is 0 Å². The average molecular weight is 448 g/mol. The average Bonchev–Trinajstić information content (AvgIpc) is 3.22. The summed E-state index contributed by atoms with van der Waals surface area (Å²) in [5, 5.41) is -1.06. The zero-order valence-corrected chi connectivity index (χ0v) is 18.2. The Hall–Kier alpha value is -3.71. The van der Waals surface area contributed by atoms with Gasteiger partial charge >= 0.3 is 5.97 Å². The third-order valence-electron chi connectivity index (χ3n) is 4.87. The van der Waals surface area contributed by atoms with Gasteiger partial charge in [-0.3, -0.25) is 0 Å². The molecular formula is C25H21NO5S. The second kappa shape index (κ2) is 9.20. The van der Waals surface area contributed by atoms with E-state index in [9.17, 15) is 13.2 Å². The van der Waals surface area contributed by atoms with Crippen molar-refractivity contribution in [1.29, 1.82) is 0 Å². The van der Waals surface area contributed by atoms with Crippen molar-refractivity contribution < 1.29 is 22.4 Å². The number of ether oxygens (including phenoxy) is 1. The molecule has 4 rings (SSSR count). The van der Waals surface area contributed by atoms with Gasteiger partial charge in [0.2, 0.25) is 5.89 Å².